The Morgan fingerprint density at radius 1 is 0.690 bits per heavy atom. The molecular weight excluding hydrogens is 355 g/mol. The van der Waals surface area contributed by atoms with Crippen LogP contribution in [0.15, 0.2) is 66.7 Å². The maximum atomic E-state index is 14.4. The first-order chi connectivity index (χ1) is 14.1. The molecule has 0 amide bonds. The fourth-order valence-corrected chi connectivity index (χ4v) is 2.95. The van der Waals surface area contributed by atoms with Crippen LogP contribution in [-0.4, -0.2) is 0 Å². The van der Waals surface area contributed by atoms with Crippen molar-refractivity contribution in [2.75, 3.05) is 0 Å². The molecule has 0 radical (unpaired) electrons. The quantitative estimate of drug-likeness (QED) is 0.350. The largest absolute Gasteiger partial charge is 0.206 e. The summed E-state index contributed by atoms with van der Waals surface area (Å²) in [5, 5.41) is 0. The Kier molecular flexibility index (Phi) is 7.27. The highest BCUT2D eigenvalue weighted by Gasteiger charge is 2.00. The first-order valence-electron chi connectivity index (χ1n) is 10.1. The van der Waals surface area contributed by atoms with Crippen LogP contribution in [0.4, 0.5) is 4.39 Å². The minimum absolute atomic E-state index is 0.345. The summed E-state index contributed by atoms with van der Waals surface area (Å²) >= 11 is 0. The maximum Gasteiger partial charge on any atom is 0.140 e. The molecule has 0 fully saturated rings. The highest BCUT2D eigenvalue weighted by Crippen LogP contribution is 2.11. The van der Waals surface area contributed by atoms with E-state index < -0.39 is 0 Å². The topological polar surface area (TPSA) is 0 Å². The predicted octanol–water partition coefficient (Wildman–Crippen LogP) is 6.67. The van der Waals surface area contributed by atoms with Crippen molar-refractivity contribution in [2.45, 2.75) is 39.5 Å². The van der Waals surface area contributed by atoms with Crippen molar-refractivity contribution < 1.29 is 4.39 Å². The van der Waals surface area contributed by atoms with Crippen molar-refractivity contribution in [3.63, 3.8) is 0 Å². The Morgan fingerprint density at radius 3 is 1.93 bits per heavy atom. The third kappa shape index (κ3) is 6.38. The summed E-state index contributed by atoms with van der Waals surface area (Å²) in [4.78, 5) is 0. The zero-order valence-corrected chi connectivity index (χ0v) is 17.1. The number of rotatable bonds is 4. The van der Waals surface area contributed by atoms with Gasteiger partial charge in [0.1, 0.15) is 5.82 Å². The van der Waals surface area contributed by atoms with E-state index in [4.69, 9.17) is 0 Å². The van der Waals surface area contributed by atoms with Crippen molar-refractivity contribution in [3.8, 4) is 23.7 Å². The molecule has 0 saturated carbocycles. The van der Waals surface area contributed by atoms with Gasteiger partial charge in [0.15, 0.2) is 0 Å². The van der Waals surface area contributed by atoms with Gasteiger partial charge in [-0.05, 0) is 67.8 Å². The average molecular weight is 381 g/mol. The van der Waals surface area contributed by atoms with Gasteiger partial charge in [-0.3, -0.25) is 0 Å². The highest BCUT2D eigenvalue weighted by molar-refractivity contribution is 5.49. The molecule has 3 rings (SSSR count). The molecule has 0 saturated heterocycles. The van der Waals surface area contributed by atoms with Crippen molar-refractivity contribution in [2.24, 2.45) is 0 Å². The van der Waals surface area contributed by atoms with Gasteiger partial charge >= 0.3 is 0 Å². The Balaban J connectivity index is 1.67. The van der Waals surface area contributed by atoms with Crippen LogP contribution in [0.2, 0.25) is 0 Å². The van der Waals surface area contributed by atoms with Gasteiger partial charge in [0, 0.05) is 16.7 Å². The molecule has 3 aromatic rings. The molecular formula is C28H25F. The van der Waals surface area contributed by atoms with E-state index in [-0.39, 0.29) is 5.82 Å². The molecule has 0 heterocycles. The molecule has 0 aliphatic heterocycles. The molecule has 0 aromatic heterocycles. The normalized spacial score (nSPS) is 9.90. The Bertz CT molecular complexity index is 1070. The number of hydrogen-bond donors (Lipinski definition) is 0. The minimum atomic E-state index is -0.345. The summed E-state index contributed by atoms with van der Waals surface area (Å²) in [5.74, 6) is 11.7. The van der Waals surface area contributed by atoms with Crippen LogP contribution in [-0.2, 0) is 6.42 Å². The Morgan fingerprint density at radius 2 is 1.28 bits per heavy atom. The second-order valence-electron chi connectivity index (χ2n) is 7.21. The number of unbranched alkanes of at least 4 members (excludes halogenated alkanes) is 2. The van der Waals surface area contributed by atoms with Gasteiger partial charge in [-0.25, -0.2) is 4.39 Å². The maximum absolute atomic E-state index is 14.4. The van der Waals surface area contributed by atoms with E-state index in [0.717, 1.165) is 17.5 Å². The molecule has 1 heteroatoms. The summed E-state index contributed by atoms with van der Waals surface area (Å²) < 4.78 is 14.4. The smallest absolute Gasteiger partial charge is 0.140 e. The van der Waals surface area contributed by atoms with Crippen molar-refractivity contribution in [1.82, 2.24) is 0 Å². The Labute approximate surface area is 173 Å². The third-order valence-corrected chi connectivity index (χ3v) is 4.74. The zero-order valence-electron chi connectivity index (χ0n) is 17.1. The lowest BCUT2D eigenvalue weighted by Gasteiger charge is -2.00. The number of halogens is 1. The second kappa shape index (κ2) is 10.3. The second-order valence-corrected chi connectivity index (χ2v) is 7.21. The van der Waals surface area contributed by atoms with Gasteiger partial charge in [-0.2, -0.15) is 0 Å². The molecule has 144 valence electrons. The standard InChI is InChI=1S/C28H25F/c1-3-4-5-6-23-11-13-25(14-12-23)15-16-26-18-20-27(28(29)21-26)19-17-24-9-7-22(2)8-10-24/h7-14,18,20-21H,3-6H2,1-2H3. The van der Waals surface area contributed by atoms with Crippen LogP contribution < -0.4 is 0 Å². The van der Waals surface area contributed by atoms with Crippen LogP contribution in [0.1, 0.15) is 59.6 Å². The number of benzene rings is 3. The van der Waals surface area contributed by atoms with Crippen LogP contribution in [0.25, 0.3) is 0 Å². The van der Waals surface area contributed by atoms with Gasteiger partial charge in [-0.15, -0.1) is 0 Å². The summed E-state index contributed by atoms with van der Waals surface area (Å²) in [7, 11) is 0. The van der Waals surface area contributed by atoms with Crippen LogP contribution in [0.5, 0.6) is 0 Å². The monoisotopic (exact) mass is 380 g/mol. The van der Waals surface area contributed by atoms with E-state index >= 15 is 0 Å². The molecule has 0 spiro atoms. The van der Waals surface area contributed by atoms with E-state index in [1.54, 1.807) is 6.07 Å². The number of hydrogen-bond acceptors (Lipinski definition) is 0. The van der Waals surface area contributed by atoms with E-state index in [1.165, 1.54) is 36.5 Å². The summed E-state index contributed by atoms with van der Waals surface area (Å²) in [6, 6.07) is 21.2. The molecule has 0 bridgehead atoms. The van der Waals surface area contributed by atoms with E-state index in [0.29, 0.717) is 11.1 Å². The molecule has 0 aliphatic rings. The van der Waals surface area contributed by atoms with Crippen LogP contribution in [0, 0.1) is 36.4 Å². The van der Waals surface area contributed by atoms with Crippen molar-refractivity contribution >= 4 is 0 Å². The van der Waals surface area contributed by atoms with E-state index in [9.17, 15) is 4.39 Å². The third-order valence-electron chi connectivity index (χ3n) is 4.74. The Hall–Kier alpha value is -3.29. The number of aryl methyl sites for hydroxylation is 2. The van der Waals surface area contributed by atoms with Crippen molar-refractivity contribution in [3.05, 3.63) is 106 Å². The van der Waals surface area contributed by atoms with Gasteiger partial charge in [-0.1, -0.05) is 73.3 Å². The van der Waals surface area contributed by atoms with Crippen molar-refractivity contribution in [1.29, 1.82) is 0 Å². The van der Waals surface area contributed by atoms with Gasteiger partial charge in [0.2, 0.25) is 0 Å². The summed E-state index contributed by atoms with van der Waals surface area (Å²) in [5.41, 5.74) is 5.36. The summed E-state index contributed by atoms with van der Waals surface area (Å²) in [6.07, 6.45) is 4.83. The molecule has 0 nitrogen and oxygen atoms in total. The minimum Gasteiger partial charge on any atom is -0.206 e. The first-order valence-corrected chi connectivity index (χ1v) is 10.1. The summed E-state index contributed by atoms with van der Waals surface area (Å²) in [6.45, 7) is 4.24. The first kappa shape index (κ1) is 20.4. The van der Waals surface area contributed by atoms with E-state index in [1.807, 2.05) is 49.4 Å². The molecule has 3 aromatic carbocycles. The average Bonchev–Trinajstić information content (AvgIpc) is 2.74. The SMILES string of the molecule is CCCCCc1ccc(C#Cc2ccc(C#Cc3ccc(C)cc3)c(F)c2)cc1. The fraction of sp³-hybridized carbons (Fsp3) is 0.214. The van der Waals surface area contributed by atoms with E-state index in [2.05, 4.69) is 42.7 Å². The molecule has 29 heavy (non-hydrogen) atoms. The van der Waals surface area contributed by atoms with Crippen LogP contribution >= 0.6 is 0 Å². The van der Waals surface area contributed by atoms with Crippen LogP contribution in [0.3, 0.4) is 0 Å². The highest BCUT2D eigenvalue weighted by atomic mass is 19.1. The lowest BCUT2D eigenvalue weighted by molar-refractivity contribution is 0.624. The molecule has 0 atom stereocenters. The fourth-order valence-electron chi connectivity index (χ4n) is 2.95. The molecule has 0 N–H and O–H groups in total. The molecule has 0 unspecified atom stereocenters. The lowest BCUT2D eigenvalue weighted by atomic mass is 10.1. The zero-order chi connectivity index (χ0) is 20.5. The van der Waals surface area contributed by atoms with Gasteiger partial charge in [0.25, 0.3) is 0 Å². The lowest BCUT2D eigenvalue weighted by Crippen LogP contribution is -1.87. The molecule has 0 aliphatic carbocycles. The predicted molar refractivity (Wildman–Crippen MR) is 119 cm³/mol. The van der Waals surface area contributed by atoms with Gasteiger partial charge in [0.05, 0.1) is 5.56 Å². The van der Waals surface area contributed by atoms with Gasteiger partial charge < -0.3 is 0 Å².